The smallest absolute Gasteiger partial charge is 0.431 e. The van der Waals surface area contributed by atoms with Crippen LogP contribution in [0.5, 0.6) is 11.6 Å². The molecular weight excluding hydrogens is 392 g/mol. The summed E-state index contributed by atoms with van der Waals surface area (Å²) in [5, 5.41) is 14.9. The predicted octanol–water partition coefficient (Wildman–Crippen LogP) is 3.81. The highest BCUT2D eigenvalue weighted by atomic mass is 127. The molecule has 0 saturated heterocycles. The Kier molecular flexibility index (Phi) is 5.79. The molecule has 1 N–H and O–H groups in total. The third kappa shape index (κ3) is 3.59. The van der Waals surface area contributed by atoms with Crippen LogP contribution in [0, 0.1) is 3.70 Å². The minimum absolute atomic E-state index is 0.474. The highest BCUT2D eigenvalue weighted by molar-refractivity contribution is 14.1. The van der Waals surface area contributed by atoms with E-state index < -0.39 is 7.05 Å². The third-order valence-corrected chi connectivity index (χ3v) is 3.64. The van der Waals surface area contributed by atoms with Gasteiger partial charge in [-0.1, -0.05) is 32.0 Å². The van der Waals surface area contributed by atoms with E-state index in [0.29, 0.717) is 5.88 Å². The van der Waals surface area contributed by atoms with Gasteiger partial charge < -0.3 is 9.76 Å². The van der Waals surface area contributed by atoms with Crippen molar-refractivity contribution in [3.8, 4) is 11.6 Å². The molecule has 0 bridgehead atoms. The molecule has 0 unspecified atom stereocenters. The van der Waals surface area contributed by atoms with E-state index in [9.17, 15) is 5.02 Å². The third-order valence-electron chi connectivity index (χ3n) is 2.84. The first-order chi connectivity index (χ1) is 10.6. The summed E-state index contributed by atoms with van der Waals surface area (Å²) in [4.78, 5) is 4.27. The van der Waals surface area contributed by atoms with Gasteiger partial charge in [0.2, 0.25) is 5.88 Å². The quantitative estimate of drug-likeness (QED) is 0.528. The summed E-state index contributed by atoms with van der Waals surface area (Å²) in [7, 11) is -0.701. The van der Waals surface area contributed by atoms with Crippen molar-refractivity contribution in [1.29, 1.82) is 0 Å². The number of hydrogen-bond acceptors (Lipinski definition) is 4. The maximum Gasteiger partial charge on any atom is 0.431 e. The van der Waals surface area contributed by atoms with Crippen LogP contribution in [0.2, 0.25) is 6.82 Å². The standard InChI is InChI=1S/C13H11BIN3O2.C2H6/c1-14(19)18-11-7-12(16-8-10(11)13(15)17-18)20-9-5-3-2-4-6-9;1-2/h2-8,19H,1H3;1-2H3. The number of nitrogens with zero attached hydrogens (tertiary/aromatic N) is 3. The first-order valence-corrected chi connectivity index (χ1v) is 8.18. The first-order valence-electron chi connectivity index (χ1n) is 7.10. The topological polar surface area (TPSA) is 60.2 Å². The van der Waals surface area contributed by atoms with Gasteiger partial charge in [0, 0.05) is 12.3 Å². The fourth-order valence-electron chi connectivity index (χ4n) is 1.93. The van der Waals surface area contributed by atoms with E-state index in [0.717, 1.165) is 20.4 Å². The van der Waals surface area contributed by atoms with Crippen molar-refractivity contribution in [3.05, 3.63) is 46.3 Å². The molecule has 0 amide bonds. The zero-order valence-electron chi connectivity index (χ0n) is 12.7. The molecule has 3 rings (SSSR count). The molecule has 1 aromatic carbocycles. The van der Waals surface area contributed by atoms with Gasteiger partial charge in [-0.05, 0) is 41.5 Å². The first kappa shape index (κ1) is 16.8. The normalized spacial score (nSPS) is 10.0. The van der Waals surface area contributed by atoms with Gasteiger partial charge in [-0.2, -0.15) is 5.10 Å². The van der Waals surface area contributed by atoms with Crippen molar-refractivity contribution in [2.24, 2.45) is 0 Å². The van der Waals surface area contributed by atoms with Crippen LogP contribution < -0.4 is 4.74 Å². The molecule has 2 aromatic heterocycles. The second-order valence-electron chi connectivity index (χ2n) is 4.32. The highest BCUT2D eigenvalue weighted by Gasteiger charge is 2.16. The number of para-hydroxylation sites is 1. The Balaban J connectivity index is 0.000000847. The maximum atomic E-state index is 9.75. The fraction of sp³-hybridized carbons (Fsp3) is 0.200. The van der Waals surface area contributed by atoms with Gasteiger partial charge in [0.05, 0.1) is 10.9 Å². The van der Waals surface area contributed by atoms with Crippen molar-refractivity contribution < 1.29 is 9.76 Å². The summed E-state index contributed by atoms with van der Waals surface area (Å²) >= 11 is 2.12. The molecule has 2 heterocycles. The largest absolute Gasteiger partial charge is 0.439 e. The van der Waals surface area contributed by atoms with E-state index in [-0.39, 0.29) is 0 Å². The number of aromatic nitrogens is 3. The highest BCUT2D eigenvalue weighted by Crippen LogP contribution is 2.25. The van der Waals surface area contributed by atoms with Gasteiger partial charge in [-0.25, -0.2) is 4.98 Å². The van der Waals surface area contributed by atoms with Crippen molar-refractivity contribution in [2.75, 3.05) is 0 Å². The van der Waals surface area contributed by atoms with E-state index >= 15 is 0 Å². The summed E-state index contributed by atoms with van der Waals surface area (Å²) in [5.41, 5.74) is 0.797. The average molecular weight is 409 g/mol. The molecule has 0 radical (unpaired) electrons. The van der Waals surface area contributed by atoms with E-state index in [1.54, 1.807) is 23.7 Å². The monoisotopic (exact) mass is 409 g/mol. The summed E-state index contributed by atoms with van der Waals surface area (Å²) in [5.74, 6) is 1.19. The summed E-state index contributed by atoms with van der Waals surface area (Å²) in [6, 6.07) is 11.2. The fourth-order valence-corrected chi connectivity index (χ4v) is 2.58. The average Bonchev–Trinajstić information content (AvgIpc) is 2.87. The SMILES string of the molecule is CB(O)n1nc(I)c2cnc(Oc3ccccc3)cc21.CC. The molecule has 5 nitrogen and oxygen atoms in total. The number of halogens is 1. The van der Waals surface area contributed by atoms with Crippen LogP contribution in [-0.2, 0) is 0 Å². The number of hydrogen-bond donors (Lipinski definition) is 1. The number of benzene rings is 1. The van der Waals surface area contributed by atoms with Crippen LogP contribution in [0.25, 0.3) is 10.9 Å². The summed E-state index contributed by atoms with van der Waals surface area (Å²) in [6.45, 7) is 5.67. The van der Waals surface area contributed by atoms with Crippen LogP contribution in [0.1, 0.15) is 13.8 Å². The van der Waals surface area contributed by atoms with Crippen molar-refractivity contribution in [1.82, 2.24) is 14.7 Å². The molecule has 7 heteroatoms. The molecule has 0 aliphatic carbocycles. The second kappa shape index (κ2) is 7.60. The van der Waals surface area contributed by atoms with Crippen LogP contribution in [0.3, 0.4) is 0 Å². The Morgan fingerprint density at radius 1 is 1.23 bits per heavy atom. The Bertz CT molecular complexity index is 747. The van der Waals surface area contributed by atoms with Crippen LogP contribution in [0.15, 0.2) is 42.6 Å². The number of pyridine rings is 1. The van der Waals surface area contributed by atoms with E-state index in [4.69, 9.17) is 4.74 Å². The van der Waals surface area contributed by atoms with Gasteiger partial charge in [0.15, 0.2) is 0 Å². The van der Waals surface area contributed by atoms with Crippen molar-refractivity contribution in [3.63, 3.8) is 0 Å². The molecular formula is C15H17BIN3O2. The lowest BCUT2D eigenvalue weighted by Gasteiger charge is -2.06. The lowest BCUT2D eigenvalue weighted by atomic mass is 9.89. The Hall–Kier alpha value is -1.61. The van der Waals surface area contributed by atoms with Crippen molar-refractivity contribution in [2.45, 2.75) is 20.7 Å². The maximum absolute atomic E-state index is 9.75. The van der Waals surface area contributed by atoms with Crippen molar-refractivity contribution >= 4 is 40.5 Å². The van der Waals surface area contributed by atoms with Gasteiger partial charge in [-0.15, -0.1) is 0 Å². The minimum Gasteiger partial charge on any atom is -0.439 e. The molecule has 0 aliphatic rings. The van der Waals surface area contributed by atoms with E-state index in [1.165, 1.54) is 0 Å². The molecule has 0 spiro atoms. The zero-order valence-corrected chi connectivity index (χ0v) is 14.9. The summed E-state index contributed by atoms with van der Waals surface area (Å²) in [6.07, 6.45) is 1.71. The molecule has 0 fully saturated rings. The minimum atomic E-state index is -0.701. The zero-order chi connectivity index (χ0) is 16.1. The van der Waals surface area contributed by atoms with Gasteiger partial charge in [-0.3, -0.25) is 4.59 Å². The Morgan fingerprint density at radius 2 is 1.91 bits per heavy atom. The summed E-state index contributed by atoms with van der Waals surface area (Å²) < 4.78 is 8.05. The van der Waals surface area contributed by atoms with Crippen LogP contribution >= 0.6 is 22.6 Å². The Morgan fingerprint density at radius 3 is 2.55 bits per heavy atom. The number of rotatable bonds is 3. The molecule has 0 saturated carbocycles. The van der Waals surface area contributed by atoms with Gasteiger partial charge in [0.1, 0.15) is 9.45 Å². The predicted molar refractivity (Wildman–Crippen MR) is 97.3 cm³/mol. The van der Waals surface area contributed by atoms with E-state index in [2.05, 4.69) is 32.7 Å². The van der Waals surface area contributed by atoms with Gasteiger partial charge in [0.25, 0.3) is 0 Å². The number of ether oxygens (including phenoxy) is 1. The molecule has 0 aliphatic heterocycles. The van der Waals surface area contributed by atoms with Crippen LogP contribution in [0.4, 0.5) is 0 Å². The molecule has 3 aromatic rings. The van der Waals surface area contributed by atoms with E-state index in [1.807, 2.05) is 44.2 Å². The lowest BCUT2D eigenvalue weighted by Crippen LogP contribution is -2.20. The molecule has 114 valence electrons. The van der Waals surface area contributed by atoms with Gasteiger partial charge >= 0.3 is 7.05 Å². The second-order valence-corrected chi connectivity index (χ2v) is 5.34. The molecule has 22 heavy (non-hydrogen) atoms. The number of fused-ring (bicyclic) bond motifs is 1. The van der Waals surface area contributed by atoms with Crippen LogP contribution in [-0.4, -0.2) is 26.7 Å². The lowest BCUT2D eigenvalue weighted by molar-refractivity contribution is 0.464. The Labute approximate surface area is 143 Å². The molecule has 0 atom stereocenters.